The number of anilines is 1. The molecule has 0 aromatic heterocycles. The van der Waals surface area contributed by atoms with Crippen LogP contribution in [-0.4, -0.2) is 25.2 Å². The van der Waals surface area contributed by atoms with Crippen LogP contribution in [0.1, 0.15) is 37.7 Å². The van der Waals surface area contributed by atoms with Crippen molar-refractivity contribution in [2.45, 2.75) is 37.5 Å². The molecule has 0 radical (unpaired) electrons. The fourth-order valence-electron chi connectivity index (χ4n) is 2.95. The van der Waals surface area contributed by atoms with Gasteiger partial charge in [0.2, 0.25) is 0 Å². The summed E-state index contributed by atoms with van der Waals surface area (Å²) in [5, 5.41) is 10.3. The van der Waals surface area contributed by atoms with Gasteiger partial charge in [0.1, 0.15) is 0 Å². The van der Waals surface area contributed by atoms with Crippen LogP contribution < -0.4 is 4.90 Å². The monoisotopic (exact) mass is 281 g/mol. The van der Waals surface area contributed by atoms with Gasteiger partial charge in [0, 0.05) is 14.1 Å². The second-order valence-electron chi connectivity index (χ2n) is 5.51. The van der Waals surface area contributed by atoms with E-state index in [1.165, 1.54) is 0 Å². The summed E-state index contributed by atoms with van der Waals surface area (Å²) in [6, 6.07) is 5.66. The van der Waals surface area contributed by atoms with Crippen molar-refractivity contribution in [2.24, 2.45) is 0 Å². The smallest absolute Gasteiger partial charge is 0.314 e. The summed E-state index contributed by atoms with van der Waals surface area (Å²) in [5.41, 5.74) is 1.02. The highest BCUT2D eigenvalue weighted by Gasteiger charge is 2.41. The zero-order chi connectivity index (χ0) is 14.0. The molecule has 0 aliphatic heterocycles. The molecule has 1 aromatic rings. The van der Waals surface area contributed by atoms with Crippen LogP contribution in [0.25, 0.3) is 0 Å². The zero-order valence-electron chi connectivity index (χ0n) is 11.4. The van der Waals surface area contributed by atoms with Gasteiger partial charge in [-0.2, -0.15) is 0 Å². The van der Waals surface area contributed by atoms with E-state index < -0.39 is 11.4 Å². The fraction of sp³-hybridized carbons (Fsp3) is 0.533. The fourth-order valence-corrected chi connectivity index (χ4v) is 3.30. The molecule has 1 aliphatic carbocycles. The molecule has 0 heterocycles. The molecule has 1 aromatic carbocycles. The van der Waals surface area contributed by atoms with Gasteiger partial charge in [0.15, 0.2) is 0 Å². The summed E-state index contributed by atoms with van der Waals surface area (Å²) in [4.78, 5) is 13.7. The number of carbonyl (C=O) groups is 1. The predicted molar refractivity (Wildman–Crippen MR) is 78.2 cm³/mol. The molecule has 19 heavy (non-hydrogen) atoms. The van der Waals surface area contributed by atoms with Crippen molar-refractivity contribution in [2.75, 3.05) is 19.0 Å². The number of carboxylic acids is 1. The molecule has 4 heteroatoms. The minimum absolute atomic E-state index is 0.619. The first-order valence-corrected chi connectivity index (χ1v) is 7.06. The van der Waals surface area contributed by atoms with Crippen LogP contribution >= 0.6 is 11.6 Å². The van der Waals surface area contributed by atoms with Crippen LogP contribution in [0.3, 0.4) is 0 Å². The molecule has 0 unspecified atom stereocenters. The predicted octanol–water partition coefficient (Wildman–Crippen LogP) is 3.69. The third-order valence-electron chi connectivity index (χ3n) is 4.10. The van der Waals surface area contributed by atoms with E-state index in [0.717, 1.165) is 30.5 Å². The molecule has 0 amide bonds. The third-order valence-corrected chi connectivity index (χ3v) is 4.40. The number of halogens is 1. The Kier molecular flexibility index (Phi) is 4.04. The lowest BCUT2D eigenvalue weighted by Gasteiger charge is -2.34. The second-order valence-corrected chi connectivity index (χ2v) is 5.92. The van der Waals surface area contributed by atoms with Crippen molar-refractivity contribution < 1.29 is 9.90 Å². The number of benzene rings is 1. The lowest BCUT2D eigenvalue weighted by atomic mass is 9.69. The standard InChI is InChI=1S/C15H20ClNO2/c1-17(2)13-7-6-11(10-12(13)16)15(14(18)19)8-4-3-5-9-15/h6-7,10H,3-5,8-9H2,1-2H3,(H,18,19). The van der Waals surface area contributed by atoms with E-state index >= 15 is 0 Å². The summed E-state index contributed by atoms with van der Waals surface area (Å²) in [6.07, 6.45) is 4.48. The Labute approximate surface area is 119 Å². The van der Waals surface area contributed by atoms with E-state index in [1.54, 1.807) is 0 Å². The highest BCUT2D eigenvalue weighted by molar-refractivity contribution is 6.33. The molecule has 104 valence electrons. The largest absolute Gasteiger partial charge is 0.481 e. The third kappa shape index (κ3) is 2.57. The maximum atomic E-state index is 11.8. The van der Waals surface area contributed by atoms with Crippen molar-refractivity contribution in [3.8, 4) is 0 Å². The molecule has 0 bridgehead atoms. The Balaban J connectivity index is 2.43. The summed E-state index contributed by atoms with van der Waals surface area (Å²) in [6.45, 7) is 0. The Hall–Kier alpha value is -1.22. The average molecular weight is 282 g/mol. The number of nitrogens with zero attached hydrogens (tertiary/aromatic N) is 1. The average Bonchev–Trinajstić information content (AvgIpc) is 2.38. The van der Waals surface area contributed by atoms with Gasteiger partial charge in [-0.05, 0) is 30.5 Å². The maximum absolute atomic E-state index is 11.8. The van der Waals surface area contributed by atoms with Gasteiger partial charge >= 0.3 is 5.97 Å². The first-order valence-electron chi connectivity index (χ1n) is 6.68. The van der Waals surface area contributed by atoms with Crippen molar-refractivity contribution >= 4 is 23.3 Å². The quantitative estimate of drug-likeness (QED) is 0.918. The van der Waals surface area contributed by atoms with E-state index in [0.29, 0.717) is 17.9 Å². The molecule has 1 N–H and O–H groups in total. The number of hydrogen-bond donors (Lipinski definition) is 1. The SMILES string of the molecule is CN(C)c1ccc(C2(C(=O)O)CCCCC2)cc1Cl. The van der Waals surface area contributed by atoms with Gasteiger partial charge < -0.3 is 10.0 Å². The van der Waals surface area contributed by atoms with E-state index in [4.69, 9.17) is 11.6 Å². The van der Waals surface area contributed by atoms with Crippen molar-refractivity contribution in [1.82, 2.24) is 0 Å². The summed E-state index contributed by atoms with van der Waals surface area (Å²) in [5.74, 6) is -0.721. The highest BCUT2D eigenvalue weighted by atomic mass is 35.5. The molecule has 2 rings (SSSR count). The minimum atomic E-state index is -0.743. The van der Waals surface area contributed by atoms with Crippen LogP contribution in [0.5, 0.6) is 0 Å². The van der Waals surface area contributed by atoms with Gasteiger partial charge in [0.25, 0.3) is 0 Å². The molecular weight excluding hydrogens is 262 g/mol. The van der Waals surface area contributed by atoms with Gasteiger partial charge in [0.05, 0.1) is 16.1 Å². The normalized spacial score (nSPS) is 18.1. The van der Waals surface area contributed by atoms with Crippen LogP contribution in [0, 0.1) is 0 Å². The van der Waals surface area contributed by atoms with Crippen LogP contribution in [0.2, 0.25) is 5.02 Å². The first kappa shape index (κ1) is 14.2. The van der Waals surface area contributed by atoms with Gasteiger partial charge in [-0.15, -0.1) is 0 Å². The number of rotatable bonds is 3. The lowest BCUT2D eigenvalue weighted by molar-refractivity contribution is -0.145. The van der Waals surface area contributed by atoms with E-state index in [1.807, 2.05) is 37.2 Å². The van der Waals surface area contributed by atoms with E-state index in [-0.39, 0.29) is 0 Å². The van der Waals surface area contributed by atoms with Crippen molar-refractivity contribution in [1.29, 1.82) is 0 Å². The zero-order valence-corrected chi connectivity index (χ0v) is 12.2. The molecule has 0 atom stereocenters. The Morgan fingerprint density at radius 3 is 2.37 bits per heavy atom. The Morgan fingerprint density at radius 2 is 1.89 bits per heavy atom. The summed E-state index contributed by atoms with van der Waals surface area (Å²) < 4.78 is 0. The first-order chi connectivity index (χ1) is 8.97. The molecule has 0 spiro atoms. The summed E-state index contributed by atoms with van der Waals surface area (Å²) >= 11 is 6.28. The van der Waals surface area contributed by atoms with E-state index in [9.17, 15) is 9.90 Å². The van der Waals surface area contributed by atoms with Crippen LogP contribution in [-0.2, 0) is 10.2 Å². The second kappa shape index (κ2) is 5.41. The van der Waals surface area contributed by atoms with E-state index in [2.05, 4.69) is 0 Å². The minimum Gasteiger partial charge on any atom is -0.481 e. The number of carboxylic acid groups (broad SMARTS) is 1. The molecule has 1 aliphatic rings. The molecule has 1 fully saturated rings. The van der Waals surface area contributed by atoms with Crippen molar-refractivity contribution in [3.05, 3.63) is 28.8 Å². The van der Waals surface area contributed by atoms with Gasteiger partial charge in [-0.1, -0.05) is 36.9 Å². The molecule has 0 saturated heterocycles. The number of aliphatic carboxylic acids is 1. The summed E-state index contributed by atoms with van der Waals surface area (Å²) in [7, 11) is 3.85. The van der Waals surface area contributed by atoms with Crippen LogP contribution in [0.15, 0.2) is 18.2 Å². The highest BCUT2D eigenvalue weighted by Crippen LogP contribution is 2.41. The Morgan fingerprint density at radius 1 is 1.26 bits per heavy atom. The maximum Gasteiger partial charge on any atom is 0.314 e. The van der Waals surface area contributed by atoms with Gasteiger partial charge in [-0.25, -0.2) is 0 Å². The Bertz CT molecular complexity index is 479. The van der Waals surface area contributed by atoms with Crippen LogP contribution in [0.4, 0.5) is 5.69 Å². The van der Waals surface area contributed by atoms with Gasteiger partial charge in [-0.3, -0.25) is 4.79 Å². The molecular formula is C15H20ClNO2. The van der Waals surface area contributed by atoms with Crippen molar-refractivity contribution in [3.63, 3.8) is 0 Å². The molecule has 1 saturated carbocycles. The number of hydrogen-bond acceptors (Lipinski definition) is 2. The molecule has 3 nitrogen and oxygen atoms in total. The lowest BCUT2D eigenvalue weighted by Crippen LogP contribution is -2.37. The topological polar surface area (TPSA) is 40.5 Å².